The normalized spacial score (nSPS) is 27.1. The molecule has 1 unspecified atom stereocenters. The number of hydrogen-bond donors (Lipinski definition) is 5. The molecule has 6 atom stereocenters. The third kappa shape index (κ3) is 7.41. The van der Waals surface area contributed by atoms with E-state index in [1.807, 2.05) is 25.3 Å². The number of unbranched alkanes of at least 4 members (excludes halogenated alkanes) is 1. The van der Waals surface area contributed by atoms with Gasteiger partial charge in [-0.05, 0) is 44.2 Å². The molecule has 4 rings (SSSR count). The van der Waals surface area contributed by atoms with Gasteiger partial charge in [-0.15, -0.1) is 11.8 Å². The molecule has 5 N–H and O–H groups in total. The van der Waals surface area contributed by atoms with Gasteiger partial charge in [0.2, 0.25) is 5.91 Å². The van der Waals surface area contributed by atoms with E-state index in [-0.39, 0.29) is 54.6 Å². The first-order chi connectivity index (χ1) is 19.1. The van der Waals surface area contributed by atoms with Gasteiger partial charge in [0.05, 0.1) is 24.7 Å². The number of hydrogen-bond acceptors (Lipinski definition) is 9. The minimum absolute atomic E-state index is 0.00784. The molecule has 3 aliphatic heterocycles. The topological polar surface area (TPSA) is 170 Å². The lowest BCUT2D eigenvalue weighted by Gasteiger charge is -2.46. The highest BCUT2D eigenvalue weighted by Crippen LogP contribution is 2.51. The molecule has 0 saturated carbocycles. The number of nitrogens with zero attached hydrogens (tertiary/aromatic N) is 2. The number of aliphatic carboxylic acids is 1. The van der Waals surface area contributed by atoms with Crippen molar-refractivity contribution in [3.63, 3.8) is 0 Å². The second kappa shape index (κ2) is 13.7. The van der Waals surface area contributed by atoms with Crippen molar-refractivity contribution in [3.05, 3.63) is 40.7 Å². The highest BCUT2D eigenvalue weighted by atomic mass is 32.2. The molecular formula is C26H39N5O7S2. The van der Waals surface area contributed by atoms with Crippen molar-refractivity contribution >= 4 is 33.8 Å². The average Bonchev–Trinajstić information content (AvgIpc) is 3.45. The summed E-state index contributed by atoms with van der Waals surface area (Å²) in [6.07, 6.45) is 6.18. The van der Waals surface area contributed by atoms with E-state index in [1.165, 1.54) is 22.2 Å². The van der Waals surface area contributed by atoms with E-state index in [9.17, 15) is 28.2 Å². The summed E-state index contributed by atoms with van der Waals surface area (Å²) in [5.41, 5.74) is 1.19. The van der Waals surface area contributed by atoms with E-state index in [0.29, 0.717) is 24.5 Å². The molecule has 0 aliphatic carbocycles. The van der Waals surface area contributed by atoms with Gasteiger partial charge in [-0.1, -0.05) is 13.0 Å². The summed E-state index contributed by atoms with van der Waals surface area (Å²) < 4.78 is 35.3. The van der Waals surface area contributed by atoms with Crippen LogP contribution in [-0.2, 0) is 31.0 Å². The molecule has 3 aliphatic rings. The van der Waals surface area contributed by atoms with Gasteiger partial charge < -0.3 is 25.2 Å². The van der Waals surface area contributed by atoms with E-state index >= 15 is 0 Å². The fourth-order valence-corrected chi connectivity index (χ4v) is 7.97. The van der Waals surface area contributed by atoms with Crippen molar-refractivity contribution in [1.82, 2.24) is 24.6 Å². The first kappa shape index (κ1) is 30.9. The quantitative estimate of drug-likeness (QED) is 0.133. The summed E-state index contributed by atoms with van der Waals surface area (Å²) in [7, 11) is -3.69. The number of β-lactam (4-membered cyclic amide) rings is 1. The Hall–Kier alpha value is -2.07. The summed E-state index contributed by atoms with van der Waals surface area (Å²) in [4.78, 5) is 30.6. The lowest BCUT2D eigenvalue weighted by atomic mass is 9.79. The molecule has 0 spiro atoms. The summed E-state index contributed by atoms with van der Waals surface area (Å²) >= 11 is 1.43. The Bertz CT molecular complexity index is 1180. The van der Waals surface area contributed by atoms with E-state index in [2.05, 4.69) is 19.7 Å². The Morgan fingerprint density at radius 1 is 1.32 bits per heavy atom. The highest BCUT2D eigenvalue weighted by molar-refractivity contribution is 8.03. The van der Waals surface area contributed by atoms with Crippen LogP contribution in [-0.4, -0.2) is 96.7 Å². The predicted molar refractivity (Wildman–Crippen MR) is 150 cm³/mol. The van der Waals surface area contributed by atoms with Crippen LogP contribution in [0.5, 0.6) is 0 Å². The Balaban J connectivity index is 1.14. The summed E-state index contributed by atoms with van der Waals surface area (Å²) in [6.45, 7) is 5.24. The van der Waals surface area contributed by atoms with Gasteiger partial charge in [-0.2, -0.15) is 13.1 Å². The Morgan fingerprint density at radius 2 is 2.12 bits per heavy atom. The first-order valence-corrected chi connectivity index (χ1v) is 16.0. The largest absolute Gasteiger partial charge is 0.477 e. The predicted octanol–water partition coefficient (Wildman–Crippen LogP) is 0.462. The number of amides is 1. The number of nitrogens with one attached hydrogen (secondary N) is 3. The van der Waals surface area contributed by atoms with Gasteiger partial charge in [0.25, 0.3) is 10.2 Å². The van der Waals surface area contributed by atoms with Gasteiger partial charge in [0.15, 0.2) is 0 Å². The van der Waals surface area contributed by atoms with Gasteiger partial charge >= 0.3 is 5.97 Å². The fraction of sp³-hybridized carbons (Fsp3) is 0.654. The molecule has 12 nitrogen and oxygen atoms in total. The maximum Gasteiger partial charge on any atom is 0.353 e. The molecule has 0 aromatic carbocycles. The lowest BCUT2D eigenvalue weighted by molar-refractivity contribution is -0.163. The molecule has 1 amide bonds. The zero-order valence-electron chi connectivity index (χ0n) is 22.8. The van der Waals surface area contributed by atoms with Crippen molar-refractivity contribution in [3.8, 4) is 0 Å². The molecule has 2 saturated heterocycles. The van der Waals surface area contributed by atoms with Crippen molar-refractivity contribution in [2.75, 3.05) is 32.8 Å². The number of carboxylic acid groups (broad SMARTS) is 1. The van der Waals surface area contributed by atoms with E-state index in [4.69, 9.17) is 4.74 Å². The molecule has 4 heterocycles. The fourth-order valence-electron chi connectivity index (χ4n) is 5.58. The summed E-state index contributed by atoms with van der Waals surface area (Å²) in [6, 6.07) is 3.49. The van der Waals surface area contributed by atoms with Crippen LogP contribution in [0.4, 0.5) is 0 Å². The lowest BCUT2D eigenvalue weighted by Crippen LogP contribution is -2.63. The third-order valence-electron chi connectivity index (χ3n) is 7.57. The molecule has 0 bridgehead atoms. The number of aromatic nitrogens is 1. The monoisotopic (exact) mass is 597 g/mol. The number of thioether (sulfide) groups is 1. The van der Waals surface area contributed by atoms with Crippen LogP contribution >= 0.6 is 11.8 Å². The number of carbonyl (C=O) groups is 2. The zero-order chi connectivity index (χ0) is 28.9. The maximum atomic E-state index is 12.5. The minimum Gasteiger partial charge on any atom is -0.477 e. The van der Waals surface area contributed by atoms with Crippen molar-refractivity contribution in [1.29, 1.82) is 0 Å². The molecule has 0 radical (unpaired) electrons. The number of carboxylic acids is 1. The number of aryl methyl sites for hydroxylation is 1. The van der Waals surface area contributed by atoms with Crippen LogP contribution in [0.1, 0.15) is 38.7 Å². The summed E-state index contributed by atoms with van der Waals surface area (Å²) in [5.74, 6) is -2.29. The van der Waals surface area contributed by atoms with Crippen LogP contribution in [0.15, 0.2) is 35.1 Å². The van der Waals surface area contributed by atoms with E-state index < -0.39 is 28.2 Å². The van der Waals surface area contributed by atoms with E-state index in [0.717, 1.165) is 19.3 Å². The number of ether oxygens (including phenoxy) is 1. The van der Waals surface area contributed by atoms with Gasteiger partial charge in [-0.3, -0.25) is 9.78 Å². The van der Waals surface area contributed by atoms with Crippen LogP contribution in [0.2, 0.25) is 0 Å². The summed E-state index contributed by atoms with van der Waals surface area (Å²) in [5, 5.41) is 23.2. The standard InChI is InChI=1S/C26H39N5O7S2/c1-16-22-21(17(2)32)25(33)31(22)23(26(34)35)24(16)39-20-12-19(28-15-20)14-30-40(36,37)29-9-11-38-10-4-3-6-18-7-5-8-27-13-18/h5,7-8,13,16-17,19-22,28-30,32H,3-4,6,9-12,14-15H2,1-2H3,(H,34,35)/t16-,17-,19+,20+,21-,22?/m1/s1. The number of carbonyl (C=O) groups excluding carboxylic acids is 1. The molecular weight excluding hydrogens is 558 g/mol. The van der Waals surface area contributed by atoms with Crippen molar-refractivity contribution in [2.24, 2.45) is 11.8 Å². The SMILES string of the molecule is C[C@H]1C(S[C@@H]2CN[C@H](CNS(=O)(=O)NCCOCCCCc3cccnc3)C2)=C(C(=O)O)N2C(=O)[C@H]([C@@H](C)O)C12. The van der Waals surface area contributed by atoms with Gasteiger partial charge in [0, 0.05) is 60.7 Å². The molecule has 1 aromatic heterocycles. The minimum atomic E-state index is -3.69. The van der Waals surface area contributed by atoms with E-state index in [1.54, 1.807) is 13.1 Å². The first-order valence-electron chi connectivity index (χ1n) is 13.7. The molecule has 222 valence electrons. The average molecular weight is 598 g/mol. The number of pyridine rings is 1. The zero-order valence-corrected chi connectivity index (χ0v) is 24.4. The highest BCUT2D eigenvalue weighted by Gasteiger charge is 2.60. The van der Waals surface area contributed by atoms with Gasteiger partial charge in [0.1, 0.15) is 5.70 Å². The van der Waals surface area contributed by atoms with Crippen LogP contribution in [0.3, 0.4) is 0 Å². The Labute approximate surface area is 239 Å². The second-order valence-corrected chi connectivity index (χ2v) is 13.5. The second-order valence-electron chi connectivity index (χ2n) is 10.5. The van der Waals surface area contributed by atoms with Gasteiger partial charge in [-0.25, -0.2) is 9.52 Å². The van der Waals surface area contributed by atoms with Crippen LogP contribution in [0.25, 0.3) is 0 Å². The third-order valence-corrected chi connectivity index (χ3v) is 10.2. The van der Waals surface area contributed by atoms with Crippen molar-refractivity contribution in [2.45, 2.75) is 63.0 Å². The Morgan fingerprint density at radius 3 is 2.83 bits per heavy atom. The van der Waals surface area contributed by atoms with Crippen LogP contribution < -0.4 is 14.8 Å². The molecule has 14 heteroatoms. The number of aliphatic hydroxyl groups is 1. The van der Waals surface area contributed by atoms with Crippen LogP contribution in [0, 0.1) is 11.8 Å². The number of rotatable bonds is 16. The Kier molecular flexibility index (Phi) is 10.6. The number of fused-ring (bicyclic) bond motifs is 1. The smallest absolute Gasteiger partial charge is 0.353 e. The number of aliphatic hydroxyl groups excluding tert-OH is 1. The molecule has 1 aromatic rings. The van der Waals surface area contributed by atoms with Crippen molar-refractivity contribution < 1.29 is 33.0 Å². The molecule has 2 fully saturated rings. The maximum absolute atomic E-state index is 12.5. The molecule has 40 heavy (non-hydrogen) atoms.